The Morgan fingerprint density at radius 3 is 2.73 bits per heavy atom. The van der Waals surface area contributed by atoms with Gasteiger partial charge in [-0.1, -0.05) is 6.92 Å². The van der Waals surface area contributed by atoms with Crippen molar-refractivity contribution in [2.45, 2.75) is 26.0 Å². The van der Waals surface area contributed by atoms with Crippen LogP contribution < -0.4 is 0 Å². The van der Waals surface area contributed by atoms with E-state index in [4.69, 9.17) is 5.11 Å². The number of carbonyl (C=O) groups is 1. The summed E-state index contributed by atoms with van der Waals surface area (Å²) in [4.78, 5) is 12.0. The first-order chi connectivity index (χ1) is 7.04. The summed E-state index contributed by atoms with van der Waals surface area (Å²) in [6, 6.07) is 1.63. The third kappa shape index (κ3) is 3.43. The van der Waals surface area contributed by atoms with Crippen LogP contribution in [0.15, 0.2) is 6.07 Å². The van der Waals surface area contributed by atoms with Crippen molar-refractivity contribution in [1.82, 2.24) is 0 Å². The van der Waals surface area contributed by atoms with Gasteiger partial charge in [-0.15, -0.1) is 11.3 Å². The summed E-state index contributed by atoms with van der Waals surface area (Å²) in [5.41, 5.74) is 0.907. The molecule has 5 heteroatoms. The second kappa shape index (κ2) is 5.42. The molecule has 0 saturated carbocycles. The number of aryl methyl sites for hydroxylation is 1. The maximum Gasteiger partial charge on any atom is 0.345 e. The zero-order chi connectivity index (χ0) is 11.4. The van der Waals surface area contributed by atoms with E-state index in [1.54, 1.807) is 6.07 Å². The Morgan fingerprint density at radius 2 is 2.27 bits per heavy atom. The van der Waals surface area contributed by atoms with Crippen LogP contribution in [0, 0.1) is 6.92 Å². The minimum absolute atomic E-state index is 0.330. The van der Waals surface area contributed by atoms with Crippen LogP contribution in [0.5, 0.6) is 0 Å². The standard InChI is InChI=1S/C10H14O3S2/c1-3-4-15(13)6-8-5-9(10(11)12)14-7(8)2/h5H,3-4,6H2,1-2H3,(H,11,12). The lowest BCUT2D eigenvalue weighted by molar-refractivity contribution is 0.0702. The van der Waals surface area contributed by atoms with Crippen LogP contribution in [0.1, 0.15) is 33.5 Å². The molecule has 0 bridgehead atoms. The number of hydrogen-bond acceptors (Lipinski definition) is 3. The molecule has 1 atom stereocenters. The number of thiophene rings is 1. The van der Waals surface area contributed by atoms with Crippen LogP contribution >= 0.6 is 11.3 Å². The number of carboxylic acids is 1. The maximum atomic E-state index is 11.5. The lowest BCUT2D eigenvalue weighted by atomic mass is 10.3. The average molecular weight is 246 g/mol. The second-order valence-electron chi connectivity index (χ2n) is 3.29. The molecule has 0 aliphatic heterocycles. The molecule has 1 unspecified atom stereocenters. The second-order valence-corrected chi connectivity index (χ2v) is 6.12. The van der Waals surface area contributed by atoms with Gasteiger partial charge in [0.2, 0.25) is 0 Å². The predicted octanol–water partition coefficient (Wildman–Crippen LogP) is 2.41. The van der Waals surface area contributed by atoms with Crippen molar-refractivity contribution in [3.63, 3.8) is 0 Å². The Kier molecular flexibility index (Phi) is 4.47. The van der Waals surface area contributed by atoms with Gasteiger partial charge in [0.05, 0.1) is 0 Å². The Hall–Kier alpha value is -0.680. The van der Waals surface area contributed by atoms with E-state index < -0.39 is 16.8 Å². The zero-order valence-electron chi connectivity index (χ0n) is 8.78. The molecule has 0 aliphatic rings. The van der Waals surface area contributed by atoms with Crippen molar-refractivity contribution in [1.29, 1.82) is 0 Å². The molecule has 1 aromatic rings. The minimum atomic E-state index is -0.907. The van der Waals surface area contributed by atoms with Gasteiger partial charge in [0.15, 0.2) is 0 Å². The summed E-state index contributed by atoms with van der Waals surface area (Å²) >= 11 is 1.25. The van der Waals surface area contributed by atoms with Crippen LogP contribution in [-0.4, -0.2) is 21.0 Å². The van der Waals surface area contributed by atoms with Crippen LogP contribution in [0.3, 0.4) is 0 Å². The molecule has 0 spiro atoms. The van der Waals surface area contributed by atoms with Gasteiger partial charge in [-0.05, 0) is 25.0 Å². The Balaban J connectivity index is 2.77. The molecule has 1 N–H and O–H groups in total. The fourth-order valence-electron chi connectivity index (χ4n) is 1.24. The molecule has 0 saturated heterocycles. The third-order valence-electron chi connectivity index (χ3n) is 1.98. The van der Waals surface area contributed by atoms with E-state index in [-0.39, 0.29) is 0 Å². The van der Waals surface area contributed by atoms with Gasteiger partial charge >= 0.3 is 5.97 Å². The highest BCUT2D eigenvalue weighted by Crippen LogP contribution is 2.22. The normalized spacial score (nSPS) is 12.7. The topological polar surface area (TPSA) is 54.4 Å². The molecule has 1 rings (SSSR count). The first-order valence-electron chi connectivity index (χ1n) is 4.72. The Labute approximate surface area is 95.6 Å². The highest BCUT2D eigenvalue weighted by atomic mass is 32.2. The fraction of sp³-hybridized carbons (Fsp3) is 0.500. The molecule has 1 aromatic heterocycles. The fourth-order valence-corrected chi connectivity index (χ4v) is 3.46. The first kappa shape index (κ1) is 12.4. The smallest absolute Gasteiger partial charge is 0.345 e. The van der Waals surface area contributed by atoms with E-state index in [0.29, 0.717) is 16.4 Å². The largest absolute Gasteiger partial charge is 0.477 e. The van der Waals surface area contributed by atoms with Crippen LogP contribution in [0.4, 0.5) is 0 Å². The molecular weight excluding hydrogens is 232 g/mol. The highest BCUT2D eigenvalue weighted by Gasteiger charge is 2.12. The lowest BCUT2D eigenvalue weighted by Crippen LogP contribution is -2.00. The number of hydrogen-bond donors (Lipinski definition) is 1. The molecule has 0 aromatic carbocycles. The summed E-state index contributed by atoms with van der Waals surface area (Å²) in [6.45, 7) is 3.86. The van der Waals surface area contributed by atoms with Gasteiger partial charge in [-0.25, -0.2) is 4.79 Å². The van der Waals surface area contributed by atoms with Crippen molar-refractivity contribution in [3.8, 4) is 0 Å². The lowest BCUT2D eigenvalue weighted by Gasteiger charge is -1.98. The molecule has 1 heterocycles. The van der Waals surface area contributed by atoms with Gasteiger partial charge in [-0.3, -0.25) is 4.21 Å². The summed E-state index contributed by atoms with van der Waals surface area (Å²) in [6.07, 6.45) is 0.890. The molecule has 15 heavy (non-hydrogen) atoms. The number of rotatable bonds is 5. The maximum absolute atomic E-state index is 11.5. The average Bonchev–Trinajstić information content (AvgIpc) is 2.48. The monoisotopic (exact) mass is 246 g/mol. The van der Waals surface area contributed by atoms with E-state index in [9.17, 15) is 9.00 Å². The van der Waals surface area contributed by atoms with E-state index in [1.165, 1.54) is 11.3 Å². The molecule has 3 nitrogen and oxygen atoms in total. The molecule has 0 radical (unpaired) electrons. The molecule has 0 aliphatic carbocycles. The summed E-state index contributed by atoms with van der Waals surface area (Å²) in [7, 11) is -0.867. The highest BCUT2D eigenvalue weighted by molar-refractivity contribution is 7.84. The number of carboxylic acid groups (broad SMARTS) is 1. The molecule has 0 fully saturated rings. The predicted molar refractivity (Wildman–Crippen MR) is 63.0 cm³/mol. The van der Waals surface area contributed by atoms with Crippen LogP contribution in [-0.2, 0) is 16.6 Å². The van der Waals surface area contributed by atoms with E-state index >= 15 is 0 Å². The van der Waals surface area contributed by atoms with Crippen LogP contribution in [0.25, 0.3) is 0 Å². The van der Waals surface area contributed by atoms with Gasteiger partial charge in [0.1, 0.15) is 4.88 Å². The van der Waals surface area contributed by atoms with Crippen LogP contribution in [0.2, 0.25) is 0 Å². The summed E-state index contributed by atoms with van der Waals surface area (Å²) in [5, 5.41) is 8.79. The Bertz CT molecular complexity index is 382. The van der Waals surface area contributed by atoms with Crippen molar-refractivity contribution in [2.75, 3.05) is 5.75 Å². The summed E-state index contributed by atoms with van der Waals surface area (Å²) < 4.78 is 11.5. The van der Waals surface area contributed by atoms with E-state index in [0.717, 1.165) is 16.9 Å². The van der Waals surface area contributed by atoms with Crippen molar-refractivity contribution in [2.24, 2.45) is 0 Å². The molecular formula is C10H14O3S2. The van der Waals surface area contributed by atoms with Gasteiger partial charge < -0.3 is 5.11 Å². The van der Waals surface area contributed by atoms with Crippen molar-refractivity contribution >= 4 is 28.1 Å². The summed E-state index contributed by atoms with van der Waals surface area (Å²) in [5.74, 6) is 0.247. The molecule has 84 valence electrons. The van der Waals surface area contributed by atoms with Gasteiger partial charge in [-0.2, -0.15) is 0 Å². The van der Waals surface area contributed by atoms with Crippen molar-refractivity contribution in [3.05, 3.63) is 21.4 Å². The Morgan fingerprint density at radius 1 is 1.60 bits per heavy atom. The SMILES string of the molecule is CCCS(=O)Cc1cc(C(=O)O)sc1C. The zero-order valence-corrected chi connectivity index (χ0v) is 10.4. The van der Waals surface area contributed by atoms with Gasteiger partial charge in [0, 0.05) is 27.2 Å². The molecule has 0 amide bonds. The minimum Gasteiger partial charge on any atom is -0.477 e. The quantitative estimate of drug-likeness (QED) is 0.868. The van der Waals surface area contributed by atoms with E-state index in [2.05, 4.69) is 0 Å². The third-order valence-corrected chi connectivity index (χ3v) is 4.56. The van der Waals surface area contributed by atoms with Crippen molar-refractivity contribution < 1.29 is 14.1 Å². The van der Waals surface area contributed by atoms with E-state index in [1.807, 2.05) is 13.8 Å². The van der Waals surface area contributed by atoms with Gasteiger partial charge in [0.25, 0.3) is 0 Å². The number of aromatic carboxylic acids is 1. The first-order valence-corrected chi connectivity index (χ1v) is 7.02.